The van der Waals surface area contributed by atoms with Gasteiger partial charge < -0.3 is 10.6 Å². The van der Waals surface area contributed by atoms with Crippen LogP contribution in [0.1, 0.15) is 45.1 Å². The standard InChI is InChI=1S/C19H28N2O3S.ClH/c1-14(2)25(23,24)12-15-6-5-8-17(10-15)21-18(22)19-9-4-3-7-16(19)11-20-13-19;/h5-6,8,10,14,16,20H,3-4,7,9,11-13H2,1-2H3,(H,21,22);1H/t16-,19+;/m0./s1. The van der Waals surface area contributed by atoms with Crippen LogP contribution in [0.4, 0.5) is 5.69 Å². The van der Waals surface area contributed by atoms with E-state index in [2.05, 4.69) is 10.6 Å². The second-order valence-corrected chi connectivity index (χ2v) is 10.3. The summed E-state index contributed by atoms with van der Waals surface area (Å²) in [6, 6.07) is 7.23. The Balaban J connectivity index is 0.00000243. The van der Waals surface area contributed by atoms with Crippen molar-refractivity contribution in [1.29, 1.82) is 0 Å². The predicted octanol–water partition coefficient (Wildman–Crippen LogP) is 3.15. The smallest absolute Gasteiger partial charge is 0.232 e. The maximum Gasteiger partial charge on any atom is 0.232 e. The van der Waals surface area contributed by atoms with Crippen LogP contribution in [0.5, 0.6) is 0 Å². The molecule has 2 aliphatic rings. The number of benzene rings is 1. The highest BCUT2D eigenvalue weighted by Gasteiger charge is 2.49. The Morgan fingerprint density at radius 1 is 1.35 bits per heavy atom. The number of carbonyl (C=O) groups excluding carboxylic acids is 1. The van der Waals surface area contributed by atoms with E-state index in [9.17, 15) is 13.2 Å². The summed E-state index contributed by atoms with van der Waals surface area (Å²) in [5.74, 6) is 0.487. The van der Waals surface area contributed by atoms with Gasteiger partial charge >= 0.3 is 0 Å². The molecule has 146 valence electrons. The first-order chi connectivity index (χ1) is 11.8. The zero-order valence-corrected chi connectivity index (χ0v) is 17.1. The summed E-state index contributed by atoms with van der Waals surface area (Å²) in [7, 11) is -3.16. The summed E-state index contributed by atoms with van der Waals surface area (Å²) < 4.78 is 24.3. The molecule has 1 saturated heterocycles. The van der Waals surface area contributed by atoms with Gasteiger partial charge in [0.05, 0.1) is 16.4 Å². The van der Waals surface area contributed by atoms with Gasteiger partial charge in [0, 0.05) is 12.2 Å². The topological polar surface area (TPSA) is 75.3 Å². The van der Waals surface area contributed by atoms with Gasteiger partial charge in [-0.1, -0.05) is 25.0 Å². The number of amides is 1. The molecular weight excluding hydrogens is 372 g/mol. The van der Waals surface area contributed by atoms with E-state index in [1.807, 2.05) is 12.1 Å². The van der Waals surface area contributed by atoms with Crippen LogP contribution in [0.25, 0.3) is 0 Å². The van der Waals surface area contributed by atoms with Crippen LogP contribution in [-0.4, -0.2) is 32.7 Å². The minimum atomic E-state index is -3.16. The molecule has 1 amide bonds. The van der Waals surface area contributed by atoms with Crippen LogP contribution in [0.2, 0.25) is 0 Å². The quantitative estimate of drug-likeness (QED) is 0.796. The van der Waals surface area contributed by atoms with Crippen LogP contribution in [-0.2, 0) is 20.4 Å². The summed E-state index contributed by atoms with van der Waals surface area (Å²) in [4.78, 5) is 13.0. The van der Waals surface area contributed by atoms with Crippen molar-refractivity contribution in [1.82, 2.24) is 5.32 Å². The van der Waals surface area contributed by atoms with Crippen LogP contribution < -0.4 is 10.6 Å². The number of nitrogens with one attached hydrogen (secondary N) is 2. The molecule has 1 aliphatic heterocycles. The first kappa shape index (κ1) is 21.2. The van der Waals surface area contributed by atoms with Crippen molar-refractivity contribution in [2.24, 2.45) is 11.3 Å². The van der Waals surface area contributed by atoms with E-state index in [0.29, 0.717) is 17.2 Å². The third-order valence-corrected chi connectivity index (χ3v) is 7.93. The number of anilines is 1. The molecule has 0 bridgehead atoms. The number of sulfone groups is 1. The van der Waals surface area contributed by atoms with Gasteiger partial charge in [0.25, 0.3) is 0 Å². The number of carbonyl (C=O) groups is 1. The van der Waals surface area contributed by atoms with Gasteiger partial charge in [-0.15, -0.1) is 12.4 Å². The maximum absolute atomic E-state index is 13.0. The van der Waals surface area contributed by atoms with E-state index in [4.69, 9.17) is 0 Å². The minimum Gasteiger partial charge on any atom is -0.326 e. The first-order valence-electron chi connectivity index (χ1n) is 9.16. The number of hydrogen-bond acceptors (Lipinski definition) is 4. The van der Waals surface area contributed by atoms with E-state index < -0.39 is 15.1 Å². The molecule has 1 saturated carbocycles. The molecule has 2 fully saturated rings. The molecule has 0 unspecified atom stereocenters. The van der Waals surface area contributed by atoms with Gasteiger partial charge in [0.15, 0.2) is 9.84 Å². The Morgan fingerprint density at radius 3 is 2.85 bits per heavy atom. The zero-order valence-electron chi connectivity index (χ0n) is 15.5. The zero-order chi connectivity index (χ0) is 18.1. The molecular formula is C19H29ClN2O3S. The predicted molar refractivity (Wildman–Crippen MR) is 107 cm³/mol. The second kappa shape index (κ2) is 8.28. The number of fused-ring (bicyclic) bond motifs is 1. The summed E-state index contributed by atoms with van der Waals surface area (Å²) in [5.41, 5.74) is 1.10. The fourth-order valence-corrected chi connectivity index (χ4v) is 5.06. The minimum absolute atomic E-state index is 0. The van der Waals surface area contributed by atoms with Gasteiger partial charge in [-0.25, -0.2) is 8.42 Å². The molecule has 26 heavy (non-hydrogen) atoms. The normalized spacial score (nSPS) is 25.4. The average molecular weight is 401 g/mol. The summed E-state index contributed by atoms with van der Waals surface area (Å²) in [5, 5.41) is 6.04. The van der Waals surface area contributed by atoms with Gasteiger partial charge in [-0.05, 0) is 56.8 Å². The van der Waals surface area contributed by atoms with Crippen molar-refractivity contribution in [3.8, 4) is 0 Å². The SMILES string of the molecule is CC(C)S(=O)(=O)Cc1cccc(NC(=O)[C@@]23CCCC[C@H]2CNC3)c1.Cl. The lowest BCUT2D eigenvalue weighted by Gasteiger charge is -2.37. The molecule has 0 aromatic heterocycles. The van der Waals surface area contributed by atoms with Crippen LogP contribution in [0.3, 0.4) is 0 Å². The second-order valence-electron chi connectivity index (χ2n) is 7.74. The van der Waals surface area contributed by atoms with E-state index >= 15 is 0 Å². The molecule has 7 heteroatoms. The van der Waals surface area contributed by atoms with Crippen LogP contribution in [0, 0.1) is 11.3 Å². The molecule has 1 aromatic carbocycles. The van der Waals surface area contributed by atoms with Crippen molar-refractivity contribution in [2.45, 2.75) is 50.5 Å². The highest BCUT2D eigenvalue weighted by molar-refractivity contribution is 7.91. The third kappa shape index (κ3) is 4.24. The third-order valence-electron chi connectivity index (χ3n) is 5.76. The Labute approximate surface area is 162 Å². The van der Waals surface area contributed by atoms with Gasteiger partial charge in [0.2, 0.25) is 5.91 Å². The van der Waals surface area contributed by atoms with Gasteiger partial charge in [0.1, 0.15) is 0 Å². The molecule has 1 heterocycles. The Morgan fingerprint density at radius 2 is 2.12 bits per heavy atom. The average Bonchev–Trinajstić information content (AvgIpc) is 3.00. The number of rotatable bonds is 5. The van der Waals surface area contributed by atoms with Crippen molar-refractivity contribution in [3.63, 3.8) is 0 Å². The lowest BCUT2D eigenvalue weighted by molar-refractivity contribution is -0.128. The monoisotopic (exact) mass is 400 g/mol. The number of halogens is 1. The van der Waals surface area contributed by atoms with Crippen molar-refractivity contribution in [2.75, 3.05) is 18.4 Å². The van der Waals surface area contributed by atoms with Crippen molar-refractivity contribution < 1.29 is 13.2 Å². The summed E-state index contributed by atoms with van der Waals surface area (Å²) in [6.07, 6.45) is 4.33. The number of hydrogen-bond donors (Lipinski definition) is 2. The molecule has 5 nitrogen and oxygen atoms in total. The first-order valence-corrected chi connectivity index (χ1v) is 10.9. The molecule has 2 N–H and O–H groups in total. The van der Waals surface area contributed by atoms with Gasteiger partial charge in [-0.2, -0.15) is 0 Å². The van der Waals surface area contributed by atoms with Crippen LogP contribution >= 0.6 is 12.4 Å². The molecule has 0 spiro atoms. The largest absolute Gasteiger partial charge is 0.326 e. The van der Waals surface area contributed by atoms with E-state index in [1.54, 1.807) is 26.0 Å². The molecule has 1 aromatic rings. The lowest BCUT2D eigenvalue weighted by Crippen LogP contribution is -2.44. The Bertz CT molecular complexity index is 751. The van der Waals surface area contributed by atoms with E-state index in [0.717, 1.165) is 32.4 Å². The molecule has 2 atom stereocenters. The van der Waals surface area contributed by atoms with Crippen molar-refractivity contribution >= 4 is 33.8 Å². The summed E-state index contributed by atoms with van der Waals surface area (Å²) in [6.45, 7) is 5.04. The highest BCUT2D eigenvalue weighted by Crippen LogP contribution is 2.44. The summed E-state index contributed by atoms with van der Waals surface area (Å²) >= 11 is 0. The lowest BCUT2D eigenvalue weighted by atomic mass is 9.67. The molecule has 0 radical (unpaired) electrons. The highest BCUT2D eigenvalue weighted by atomic mass is 35.5. The van der Waals surface area contributed by atoms with Gasteiger partial charge in [-0.3, -0.25) is 4.79 Å². The van der Waals surface area contributed by atoms with Crippen LogP contribution in [0.15, 0.2) is 24.3 Å². The maximum atomic E-state index is 13.0. The fraction of sp³-hybridized carbons (Fsp3) is 0.632. The Kier molecular flexibility index (Phi) is 6.75. The molecule has 1 aliphatic carbocycles. The molecule has 3 rings (SSSR count). The van der Waals surface area contributed by atoms with E-state index in [-0.39, 0.29) is 29.5 Å². The van der Waals surface area contributed by atoms with E-state index in [1.165, 1.54) is 6.42 Å². The van der Waals surface area contributed by atoms with Crippen molar-refractivity contribution in [3.05, 3.63) is 29.8 Å². The fourth-order valence-electron chi connectivity index (χ4n) is 4.08. The Hall–Kier alpha value is -1.11.